The largest absolute Gasteiger partial charge is 0.474 e. The number of carbonyl (C=O) groups excluding carboxylic acids is 1. The van der Waals surface area contributed by atoms with Crippen LogP contribution in [0, 0.1) is 34.8 Å². The summed E-state index contributed by atoms with van der Waals surface area (Å²) >= 11 is 5.95. The minimum Gasteiger partial charge on any atom is -0.474 e. The Balaban J connectivity index is 1.28. The number of aromatic nitrogens is 2. The summed E-state index contributed by atoms with van der Waals surface area (Å²) in [6, 6.07) is 13.0. The number of hydrogen-bond acceptors (Lipinski definition) is 6. The summed E-state index contributed by atoms with van der Waals surface area (Å²) in [4.78, 5) is 26.2. The molecule has 2 aromatic heterocycles. The molecule has 10 heteroatoms. The van der Waals surface area contributed by atoms with E-state index in [1.165, 1.54) is 12.3 Å². The molecule has 4 heterocycles. The van der Waals surface area contributed by atoms with Gasteiger partial charge in [-0.2, -0.15) is 5.26 Å². The van der Waals surface area contributed by atoms with Crippen molar-refractivity contribution in [2.45, 2.75) is 38.2 Å². The number of halogens is 3. The minimum atomic E-state index is -0.906. The summed E-state index contributed by atoms with van der Waals surface area (Å²) < 4.78 is 34.2. The lowest BCUT2D eigenvalue weighted by Crippen LogP contribution is -2.49. The van der Waals surface area contributed by atoms with E-state index in [1.807, 2.05) is 17.9 Å². The van der Waals surface area contributed by atoms with Gasteiger partial charge in [0.2, 0.25) is 11.8 Å². The Kier molecular flexibility index (Phi) is 8.46. The molecule has 2 aliphatic heterocycles. The first-order valence-electron chi connectivity index (χ1n) is 13.5. The van der Waals surface area contributed by atoms with E-state index < -0.39 is 11.6 Å². The third-order valence-corrected chi connectivity index (χ3v) is 8.23. The fourth-order valence-electron chi connectivity index (χ4n) is 5.79. The van der Waals surface area contributed by atoms with Gasteiger partial charge in [-0.1, -0.05) is 17.7 Å². The molecule has 3 aromatic rings. The quantitative estimate of drug-likeness (QED) is 0.387. The molecule has 0 saturated carbocycles. The first kappa shape index (κ1) is 27.8. The smallest absolute Gasteiger partial charge is 0.225 e. The van der Waals surface area contributed by atoms with Crippen LogP contribution < -0.4 is 9.64 Å². The van der Waals surface area contributed by atoms with Gasteiger partial charge >= 0.3 is 0 Å². The SMILES string of the molecule is CC(Oc1ccc(Cl)cn1)C1CCN(C(=O)C2CCN(c3ccc(C#N)cn3)CC2)CC1c1ccc(F)c(F)c1. The number of likely N-dealkylation sites (tertiary alicyclic amines) is 1. The molecule has 40 heavy (non-hydrogen) atoms. The van der Waals surface area contributed by atoms with Crippen molar-refractivity contribution in [2.75, 3.05) is 31.1 Å². The number of benzene rings is 1. The van der Waals surface area contributed by atoms with Crippen molar-refractivity contribution in [3.05, 3.63) is 82.6 Å². The Labute approximate surface area is 237 Å². The number of ether oxygens (including phenoxy) is 1. The van der Waals surface area contributed by atoms with Crippen molar-refractivity contribution in [2.24, 2.45) is 11.8 Å². The molecule has 0 spiro atoms. The number of rotatable bonds is 6. The van der Waals surface area contributed by atoms with Crippen LogP contribution in [0.4, 0.5) is 14.6 Å². The van der Waals surface area contributed by atoms with Crippen LogP contribution in [0.25, 0.3) is 0 Å². The zero-order valence-corrected chi connectivity index (χ0v) is 22.9. The van der Waals surface area contributed by atoms with Crippen LogP contribution in [0.2, 0.25) is 5.02 Å². The molecule has 2 fully saturated rings. The van der Waals surface area contributed by atoms with Gasteiger partial charge in [-0.05, 0) is 62.1 Å². The second-order valence-corrected chi connectivity index (χ2v) is 10.9. The Morgan fingerprint density at radius 3 is 2.50 bits per heavy atom. The van der Waals surface area contributed by atoms with Crippen molar-refractivity contribution in [3.63, 3.8) is 0 Å². The number of nitrogens with zero attached hydrogens (tertiary/aromatic N) is 5. The van der Waals surface area contributed by atoms with Gasteiger partial charge in [0.15, 0.2) is 11.6 Å². The molecule has 0 N–H and O–H groups in total. The number of hydrogen-bond donors (Lipinski definition) is 0. The summed E-state index contributed by atoms with van der Waals surface area (Å²) in [6.07, 6.45) is 4.82. The lowest BCUT2D eigenvalue weighted by atomic mass is 9.77. The van der Waals surface area contributed by atoms with Gasteiger partial charge < -0.3 is 14.5 Å². The molecule has 2 saturated heterocycles. The van der Waals surface area contributed by atoms with E-state index in [0.29, 0.717) is 67.5 Å². The lowest BCUT2D eigenvalue weighted by Gasteiger charge is -2.43. The summed E-state index contributed by atoms with van der Waals surface area (Å²) in [5.41, 5.74) is 1.15. The van der Waals surface area contributed by atoms with E-state index in [-0.39, 0.29) is 29.8 Å². The van der Waals surface area contributed by atoms with E-state index in [0.717, 1.165) is 11.9 Å². The Hall–Kier alpha value is -3.77. The molecule has 3 atom stereocenters. The van der Waals surface area contributed by atoms with Gasteiger partial charge in [0.1, 0.15) is 18.0 Å². The maximum Gasteiger partial charge on any atom is 0.225 e. The molecule has 0 aliphatic carbocycles. The zero-order chi connectivity index (χ0) is 28.2. The maximum absolute atomic E-state index is 14.3. The molecule has 3 unspecified atom stereocenters. The van der Waals surface area contributed by atoms with Gasteiger partial charge in [-0.3, -0.25) is 4.79 Å². The first-order valence-corrected chi connectivity index (χ1v) is 13.8. The molecular weight excluding hydrogens is 536 g/mol. The second kappa shape index (κ2) is 12.2. The molecule has 1 aromatic carbocycles. The highest BCUT2D eigenvalue weighted by atomic mass is 35.5. The molecule has 7 nitrogen and oxygen atoms in total. The second-order valence-electron chi connectivity index (χ2n) is 10.4. The highest BCUT2D eigenvalue weighted by molar-refractivity contribution is 6.30. The van der Waals surface area contributed by atoms with Crippen molar-refractivity contribution in [1.82, 2.24) is 14.9 Å². The molecule has 1 amide bonds. The average molecular weight is 566 g/mol. The summed E-state index contributed by atoms with van der Waals surface area (Å²) in [5, 5.41) is 9.51. The van der Waals surface area contributed by atoms with Crippen LogP contribution in [-0.4, -0.2) is 53.1 Å². The van der Waals surface area contributed by atoms with E-state index in [4.69, 9.17) is 21.6 Å². The van der Waals surface area contributed by atoms with Crippen LogP contribution in [0.3, 0.4) is 0 Å². The van der Waals surface area contributed by atoms with Gasteiger partial charge in [0.05, 0.1) is 10.6 Å². The van der Waals surface area contributed by atoms with Crippen LogP contribution in [0.15, 0.2) is 54.9 Å². The number of anilines is 1. The third-order valence-electron chi connectivity index (χ3n) is 8.00. The molecule has 0 bridgehead atoms. The standard InChI is InChI=1S/C30H30ClF2N5O2/c1-19(40-29-7-4-23(31)17-36-29)24-10-13-38(18-25(24)22-3-5-26(32)27(33)14-22)30(39)21-8-11-37(12-9-21)28-6-2-20(15-34)16-35-28/h2-7,14,16-17,19,21,24-25H,8-13,18H2,1H3. The van der Waals surface area contributed by atoms with Crippen LogP contribution in [-0.2, 0) is 4.79 Å². The van der Waals surface area contributed by atoms with Crippen molar-refractivity contribution in [3.8, 4) is 11.9 Å². The molecule has 2 aliphatic rings. The normalized spacial score (nSPS) is 20.6. The number of amides is 1. The van der Waals surface area contributed by atoms with E-state index in [1.54, 1.807) is 30.5 Å². The highest BCUT2D eigenvalue weighted by Crippen LogP contribution is 2.38. The third kappa shape index (κ3) is 6.18. The highest BCUT2D eigenvalue weighted by Gasteiger charge is 2.39. The Morgan fingerprint density at radius 2 is 1.85 bits per heavy atom. The number of pyridine rings is 2. The molecule has 5 rings (SSSR count). The van der Waals surface area contributed by atoms with Crippen molar-refractivity contribution >= 4 is 23.3 Å². The van der Waals surface area contributed by atoms with Crippen LogP contribution in [0.1, 0.15) is 43.2 Å². The molecule has 0 radical (unpaired) electrons. The number of piperidine rings is 2. The lowest BCUT2D eigenvalue weighted by molar-refractivity contribution is -0.138. The van der Waals surface area contributed by atoms with E-state index in [2.05, 4.69) is 20.9 Å². The summed E-state index contributed by atoms with van der Waals surface area (Å²) in [6.45, 7) is 4.28. The number of carbonyl (C=O) groups is 1. The minimum absolute atomic E-state index is 0.0457. The van der Waals surface area contributed by atoms with Crippen molar-refractivity contribution < 1.29 is 18.3 Å². The predicted molar refractivity (Wildman–Crippen MR) is 147 cm³/mol. The number of nitriles is 1. The zero-order valence-electron chi connectivity index (χ0n) is 22.1. The van der Waals surface area contributed by atoms with Gasteiger partial charge in [-0.25, -0.2) is 18.7 Å². The van der Waals surface area contributed by atoms with E-state index >= 15 is 0 Å². The van der Waals surface area contributed by atoms with E-state index in [9.17, 15) is 13.6 Å². The van der Waals surface area contributed by atoms with Gasteiger partial charge in [0, 0.05) is 62.4 Å². The van der Waals surface area contributed by atoms with Crippen LogP contribution in [0.5, 0.6) is 5.88 Å². The predicted octanol–water partition coefficient (Wildman–Crippen LogP) is 5.60. The summed E-state index contributed by atoms with van der Waals surface area (Å²) in [7, 11) is 0. The first-order chi connectivity index (χ1) is 19.3. The fourth-order valence-corrected chi connectivity index (χ4v) is 5.90. The van der Waals surface area contributed by atoms with Crippen LogP contribution >= 0.6 is 11.6 Å². The monoisotopic (exact) mass is 565 g/mol. The topological polar surface area (TPSA) is 82.4 Å². The van der Waals surface area contributed by atoms with Gasteiger partial charge in [0.25, 0.3) is 0 Å². The Bertz CT molecular complexity index is 1370. The maximum atomic E-state index is 14.3. The van der Waals surface area contributed by atoms with Crippen molar-refractivity contribution in [1.29, 1.82) is 5.26 Å². The van der Waals surface area contributed by atoms with Gasteiger partial charge in [-0.15, -0.1) is 0 Å². The average Bonchev–Trinajstić information content (AvgIpc) is 2.99. The summed E-state index contributed by atoms with van der Waals surface area (Å²) in [5.74, 6) is -0.890. The fraction of sp³-hybridized carbons (Fsp3) is 0.400. The molecule has 208 valence electrons. The molecular formula is C30H30ClF2N5O2. The Morgan fingerprint density at radius 1 is 1.05 bits per heavy atom.